The fraction of sp³-hybridized carbons (Fsp3) is 1.00. The predicted octanol–water partition coefficient (Wildman–Crippen LogP) is 0.871. The van der Waals surface area contributed by atoms with E-state index in [0.29, 0.717) is 19.6 Å². The van der Waals surface area contributed by atoms with E-state index in [0.717, 1.165) is 19.3 Å². The number of nitrogens with zero attached hydrogens (tertiary/aromatic N) is 1. The number of ether oxygens (including phenoxy) is 1. The van der Waals surface area contributed by atoms with E-state index in [-0.39, 0.29) is 30.2 Å². The quantitative estimate of drug-likeness (QED) is 0.761. The third-order valence-corrected chi connectivity index (χ3v) is 6.61. The second-order valence-electron chi connectivity index (χ2n) is 6.62. The van der Waals surface area contributed by atoms with Crippen LogP contribution in [-0.2, 0) is 14.9 Å². The van der Waals surface area contributed by atoms with Gasteiger partial charge in [0.15, 0.2) is 0 Å². The van der Waals surface area contributed by atoms with E-state index in [1.165, 1.54) is 4.31 Å². The van der Waals surface area contributed by atoms with Crippen LogP contribution in [-0.4, -0.2) is 55.8 Å². The van der Waals surface area contributed by atoms with Crippen LogP contribution in [0.4, 0.5) is 0 Å². The molecule has 2 N–H and O–H groups in total. The molecule has 0 bridgehead atoms. The van der Waals surface area contributed by atoms with Crippen molar-refractivity contribution in [3.8, 4) is 0 Å². The van der Waals surface area contributed by atoms with Gasteiger partial charge in [-0.3, -0.25) is 0 Å². The number of hydrogen-bond donors (Lipinski definition) is 2. The van der Waals surface area contributed by atoms with E-state index in [2.05, 4.69) is 4.72 Å². The van der Waals surface area contributed by atoms with Crippen LogP contribution in [0.2, 0.25) is 0 Å². The lowest BCUT2D eigenvalue weighted by Gasteiger charge is -2.52. The minimum absolute atomic E-state index is 0.102. The van der Waals surface area contributed by atoms with Crippen LogP contribution in [0.25, 0.3) is 0 Å². The molecule has 1 saturated heterocycles. The number of aliphatic hydroxyl groups excluding tert-OH is 1. The standard InChI is InChI=1S/C14H28N2O4S/c1-4-20-13-9-12(14(13,2)3)15-21(18,19)16-8-6-5-7-11(16)10-17/h11-13,15,17H,4-10H2,1-3H3. The average Bonchev–Trinajstić information content (AvgIpc) is 2.46. The second kappa shape index (κ2) is 6.50. The monoisotopic (exact) mass is 320 g/mol. The van der Waals surface area contributed by atoms with Crippen molar-refractivity contribution in [2.24, 2.45) is 5.41 Å². The molecule has 7 heteroatoms. The Morgan fingerprint density at radius 2 is 2.10 bits per heavy atom. The largest absolute Gasteiger partial charge is 0.395 e. The summed E-state index contributed by atoms with van der Waals surface area (Å²) >= 11 is 0. The molecule has 2 rings (SSSR count). The highest BCUT2D eigenvalue weighted by Gasteiger charge is 2.51. The average molecular weight is 320 g/mol. The highest BCUT2D eigenvalue weighted by Crippen LogP contribution is 2.43. The van der Waals surface area contributed by atoms with Crippen molar-refractivity contribution < 1.29 is 18.3 Å². The molecule has 1 aliphatic carbocycles. The van der Waals surface area contributed by atoms with Crippen molar-refractivity contribution in [1.82, 2.24) is 9.03 Å². The van der Waals surface area contributed by atoms with Gasteiger partial charge in [0.05, 0.1) is 12.7 Å². The van der Waals surface area contributed by atoms with E-state index in [1.807, 2.05) is 20.8 Å². The summed E-state index contributed by atoms with van der Waals surface area (Å²) in [6.07, 6.45) is 3.36. The van der Waals surface area contributed by atoms with Crippen LogP contribution >= 0.6 is 0 Å². The molecule has 3 unspecified atom stereocenters. The number of rotatable bonds is 6. The van der Waals surface area contributed by atoms with E-state index >= 15 is 0 Å². The summed E-state index contributed by atoms with van der Waals surface area (Å²) in [5.74, 6) is 0. The molecule has 2 aliphatic rings. The summed E-state index contributed by atoms with van der Waals surface area (Å²) in [7, 11) is -3.55. The van der Waals surface area contributed by atoms with Crippen LogP contribution in [0.1, 0.15) is 46.5 Å². The Kier molecular flexibility index (Phi) is 5.31. The van der Waals surface area contributed by atoms with E-state index in [1.54, 1.807) is 0 Å². The number of aliphatic hydroxyl groups is 1. The van der Waals surface area contributed by atoms with Gasteiger partial charge in [-0.05, 0) is 26.2 Å². The first-order valence-corrected chi connectivity index (χ1v) is 9.28. The molecule has 0 aromatic carbocycles. The molecule has 1 aliphatic heterocycles. The third-order valence-electron chi connectivity index (χ3n) is 4.93. The maximum atomic E-state index is 12.6. The van der Waals surface area contributed by atoms with E-state index < -0.39 is 10.2 Å². The van der Waals surface area contributed by atoms with Crippen molar-refractivity contribution in [2.75, 3.05) is 19.8 Å². The fourth-order valence-corrected chi connectivity index (χ4v) is 5.12. The first-order chi connectivity index (χ1) is 9.82. The lowest BCUT2D eigenvalue weighted by Crippen LogP contribution is -2.64. The minimum atomic E-state index is -3.55. The van der Waals surface area contributed by atoms with Crippen molar-refractivity contribution in [3.63, 3.8) is 0 Å². The molecule has 124 valence electrons. The zero-order valence-electron chi connectivity index (χ0n) is 13.2. The van der Waals surface area contributed by atoms with Gasteiger partial charge in [-0.2, -0.15) is 17.4 Å². The van der Waals surface area contributed by atoms with Gasteiger partial charge in [0, 0.05) is 30.7 Å². The SMILES string of the molecule is CCOC1CC(NS(=O)(=O)N2CCCCC2CO)C1(C)C. The van der Waals surface area contributed by atoms with Crippen molar-refractivity contribution in [1.29, 1.82) is 0 Å². The van der Waals surface area contributed by atoms with Crippen molar-refractivity contribution in [3.05, 3.63) is 0 Å². The van der Waals surface area contributed by atoms with Gasteiger partial charge in [-0.25, -0.2) is 0 Å². The lowest BCUT2D eigenvalue weighted by atomic mass is 9.65. The van der Waals surface area contributed by atoms with E-state index in [4.69, 9.17) is 4.74 Å². The Labute approximate surface area is 128 Å². The van der Waals surface area contributed by atoms with Crippen LogP contribution in [0, 0.1) is 5.41 Å². The molecule has 6 nitrogen and oxygen atoms in total. The molecule has 3 atom stereocenters. The van der Waals surface area contributed by atoms with Gasteiger partial charge >= 0.3 is 0 Å². The van der Waals surface area contributed by atoms with Crippen LogP contribution in [0.3, 0.4) is 0 Å². The maximum Gasteiger partial charge on any atom is 0.280 e. The molecular weight excluding hydrogens is 292 g/mol. The first-order valence-electron chi connectivity index (χ1n) is 7.84. The molecule has 2 fully saturated rings. The van der Waals surface area contributed by atoms with Gasteiger partial charge in [0.25, 0.3) is 10.2 Å². The highest BCUT2D eigenvalue weighted by atomic mass is 32.2. The molecule has 1 saturated carbocycles. The normalized spacial score (nSPS) is 33.6. The van der Waals surface area contributed by atoms with E-state index in [9.17, 15) is 13.5 Å². The van der Waals surface area contributed by atoms with Gasteiger partial charge in [-0.15, -0.1) is 0 Å². The molecule has 21 heavy (non-hydrogen) atoms. The van der Waals surface area contributed by atoms with Gasteiger partial charge in [-0.1, -0.05) is 20.3 Å². The molecular formula is C14H28N2O4S. The van der Waals surface area contributed by atoms with Crippen LogP contribution in [0.15, 0.2) is 0 Å². The first kappa shape index (κ1) is 17.1. The Morgan fingerprint density at radius 1 is 1.38 bits per heavy atom. The van der Waals surface area contributed by atoms with Gasteiger partial charge in [0.2, 0.25) is 0 Å². The highest BCUT2D eigenvalue weighted by molar-refractivity contribution is 7.87. The summed E-state index contributed by atoms with van der Waals surface area (Å²) in [6, 6.07) is -0.401. The molecule has 0 spiro atoms. The lowest BCUT2D eigenvalue weighted by molar-refractivity contribution is -0.108. The number of hydrogen-bond acceptors (Lipinski definition) is 4. The van der Waals surface area contributed by atoms with Crippen LogP contribution < -0.4 is 4.72 Å². The fourth-order valence-electron chi connectivity index (χ4n) is 3.29. The smallest absolute Gasteiger partial charge is 0.280 e. The molecule has 0 amide bonds. The second-order valence-corrected chi connectivity index (χ2v) is 8.27. The Hall–Kier alpha value is -0.210. The predicted molar refractivity (Wildman–Crippen MR) is 81.1 cm³/mol. The molecule has 1 heterocycles. The summed E-state index contributed by atoms with van der Waals surface area (Å²) < 4.78 is 35.0. The van der Waals surface area contributed by atoms with Crippen LogP contribution in [0.5, 0.6) is 0 Å². The number of nitrogens with one attached hydrogen (secondary N) is 1. The zero-order chi connectivity index (χ0) is 15.7. The molecule has 0 radical (unpaired) electrons. The summed E-state index contributed by atoms with van der Waals surface area (Å²) in [6.45, 7) is 7.03. The zero-order valence-corrected chi connectivity index (χ0v) is 14.0. The third kappa shape index (κ3) is 3.42. The molecule has 0 aromatic heterocycles. The Bertz CT molecular complexity index is 452. The molecule has 0 aromatic rings. The maximum absolute atomic E-state index is 12.6. The summed E-state index contributed by atoms with van der Waals surface area (Å²) in [4.78, 5) is 0. The summed E-state index contributed by atoms with van der Waals surface area (Å²) in [5, 5.41) is 9.39. The topological polar surface area (TPSA) is 78.9 Å². The van der Waals surface area contributed by atoms with Crippen molar-refractivity contribution in [2.45, 2.75) is 64.6 Å². The van der Waals surface area contributed by atoms with Crippen molar-refractivity contribution >= 4 is 10.2 Å². The minimum Gasteiger partial charge on any atom is -0.395 e. The van der Waals surface area contributed by atoms with Gasteiger partial charge in [0.1, 0.15) is 0 Å². The van der Waals surface area contributed by atoms with Gasteiger partial charge < -0.3 is 9.84 Å². The Balaban J connectivity index is 2.01. The number of piperidine rings is 1. The Morgan fingerprint density at radius 3 is 2.67 bits per heavy atom. The summed E-state index contributed by atoms with van der Waals surface area (Å²) in [5.41, 5.74) is -0.201.